The van der Waals surface area contributed by atoms with Crippen LogP contribution in [0.1, 0.15) is 55.2 Å². The Morgan fingerprint density at radius 3 is 2.36 bits per heavy atom. The van der Waals surface area contributed by atoms with Gasteiger partial charge in [0.15, 0.2) is 5.43 Å². The molecule has 61 heavy (non-hydrogen) atoms. The van der Waals surface area contributed by atoms with Crippen LogP contribution in [0.4, 0.5) is 23.5 Å². The zero-order chi connectivity index (χ0) is 42.6. The van der Waals surface area contributed by atoms with Crippen LogP contribution < -0.4 is 26.3 Å². The molecule has 0 radical (unpaired) electrons. The monoisotopic (exact) mass is 831 g/mol. The largest absolute Gasteiger partial charge is 0.508 e. The number of morpholine rings is 1. The van der Waals surface area contributed by atoms with Crippen LogP contribution in [-0.4, -0.2) is 116 Å². The summed E-state index contributed by atoms with van der Waals surface area (Å²) in [5, 5.41) is 33.3. The van der Waals surface area contributed by atoms with Crippen LogP contribution in [-0.2, 0) is 16.0 Å². The minimum absolute atomic E-state index is 0.00343. The third kappa shape index (κ3) is 8.81. The molecular weight excluding hydrogens is 783 g/mol. The summed E-state index contributed by atoms with van der Waals surface area (Å²) in [4.78, 5) is 59.8. The van der Waals surface area contributed by atoms with Gasteiger partial charge in [-0.1, -0.05) is 31.5 Å². The molecule has 0 spiro atoms. The summed E-state index contributed by atoms with van der Waals surface area (Å²) >= 11 is 0. The summed E-state index contributed by atoms with van der Waals surface area (Å²) in [6.07, 6.45) is 5.26. The van der Waals surface area contributed by atoms with Crippen molar-refractivity contribution in [1.29, 1.82) is 0 Å². The van der Waals surface area contributed by atoms with E-state index in [-0.39, 0.29) is 40.3 Å². The molecule has 5 N–H and O–H groups in total. The molecule has 5 heterocycles. The van der Waals surface area contributed by atoms with Crippen LogP contribution in [0.25, 0.3) is 33.4 Å². The van der Waals surface area contributed by atoms with Gasteiger partial charge < -0.3 is 45.1 Å². The highest BCUT2D eigenvalue weighted by Crippen LogP contribution is 2.42. The number of ether oxygens (including phenoxy) is 1. The number of benzene rings is 3. The van der Waals surface area contributed by atoms with Crippen molar-refractivity contribution in [3.63, 3.8) is 0 Å². The van der Waals surface area contributed by atoms with E-state index in [1.54, 1.807) is 28.9 Å². The number of aromatic nitrogens is 6. The zero-order valence-corrected chi connectivity index (χ0v) is 34.2. The van der Waals surface area contributed by atoms with Crippen molar-refractivity contribution in [2.45, 2.75) is 45.6 Å². The molecule has 18 nitrogen and oxygen atoms in total. The first-order chi connectivity index (χ1) is 29.6. The van der Waals surface area contributed by atoms with Gasteiger partial charge in [-0.05, 0) is 73.7 Å². The Kier molecular flexibility index (Phi) is 12.1. The first-order valence-electron chi connectivity index (χ1n) is 20.7. The van der Waals surface area contributed by atoms with Crippen molar-refractivity contribution in [1.82, 2.24) is 34.8 Å². The Bertz CT molecular complexity index is 2560. The van der Waals surface area contributed by atoms with Gasteiger partial charge >= 0.3 is 5.97 Å². The summed E-state index contributed by atoms with van der Waals surface area (Å²) in [6, 6.07) is 13.4. The Hall–Kier alpha value is -6.66. The van der Waals surface area contributed by atoms with E-state index >= 15 is 0 Å². The molecule has 0 bridgehead atoms. The molecule has 4 aromatic rings. The fraction of sp³-hybridized carbons (Fsp3) is 0.395. The van der Waals surface area contributed by atoms with E-state index in [9.17, 15) is 24.6 Å². The van der Waals surface area contributed by atoms with Gasteiger partial charge in [-0.25, -0.2) is 9.48 Å². The number of hydrogen-bond acceptors (Lipinski definition) is 15. The molecular formula is C43H49N11O7. The Morgan fingerprint density at radius 2 is 1.64 bits per heavy atom. The number of phenolic OH excluding ortho intramolecular Hbond substituents is 1. The van der Waals surface area contributed by atoms with Crippen molar-refractivity contribution in [3.8, 4) is 28.2 Å². The lowest BCUT2D eigenvalue weighted by molar-refractivity contribution is -0.137. The zero-order valence-electron chi connectivity index (χ0n) is 34.2. The molecule has 18 heteroatoms. The second-order valence-electron chi connectivity index (χ2n) is 15.4. The number of anilines is 4. The third-order valence-corrected chi connectivity index (χ3v) is 11.4. The molecule has 318 valence electrons. The Labute approximate surface area is 351 Å². The van der Waals surface area contributed by atoms with Crippen LogP contribution in [0.3, 0.4) is 0 Å². The number of carbonyl (C=O) groups is 2. The summed E-state index contributed by atoms with van der Waals surface area (Å²) in [5.41, 5.74) is 8.39. The lowest BCUT2D eigenvalue weighted by atomic mass is 9.90. The SMILES string of the molecule is CC[C@H](C)[C@@H](C(=O)N1CCN(c2nc(Nc3ccc(-c4c5ccc(=O)cc-5oc5cc(O)ccc45)c(C(=O)O)c3)nc(N3CCOCC3)n2)CC1)n1cc(CCCCN)nn1. The number of fused-ring (bicyclic) bond motifs is 2. The second kappa shape index (κ2) is 17.9. The number of rotatable bonds is 14. The van der Waals surface area contributed by atoms with E-state index in [0.29, 0.717) is 104 Å². The number of phenols is 1. The number of nitrogens with one attached hydrogen (secondary N) is 1. The quantitative estimate of drug-likeness (QED) is 0.0872. The van der Waals surface area contributed by atoms with Crippen LogP contribution in [0.5, 0.6) is 5.75 Å². The van der Waals surface area contributed by atoms with Gasteiger partial charge in [0.2, 0.25) is 23.8 Å². The van der Waals surface area contributed by atoms with Crippen molar-refractivity contribution in [2.75, 3.05) is 74.1 Å². The maximum atomic E-state index is 14.1. The molecule has 1 amide bonds. The van der Waals surface area contributed by atoms with Crippen LogP contribution in [0.15, 0.2) is 70.0 Å². The topological polar surface area (TPSA) is 231 Å². The highest BCUT2D eigenvalue weighted by atomic mass is 16.5. The van der Waals surface area contributed by atoms with Crippen molar-refractivity contribution in [2.24, 2.45) is 11.7 Å². The Morgan fingerprint density at radius 1 is 0.902 bits per heavy atom. The van der Waals surface area contributed by atoms with Crippen molar-refractivity contribution >= 4 is 46.4 Å². The number of aromatic hydroxyl groups is 1. The van der Waals surface area contributed by atoms with Gasteiger partial charge in [-0.3, -0.25) is 9.59 Å². The Balaban J connectivity index is 1.07. The van der Waals surface area contributed by atoms with Gasteiger partial charge in [0.25, 0.3) is 0 Å². The third-order valence-electron chi connectivity index (χ3n) is 11.4. The fourth-order valence-electron chi connectivity index (χ4n) is 7.92. The maximum Gasteiger partial charge on any atom is 0.336 e. The number of amides is 1. The average Bonchev–Trinajstić information content (AvgIpc) is 3.73. The molecule has 0 unspecified atom stereocenters. The van der Waals surface area contributed by atoms with E-state index in [1.807, 2.05) is 20.9 Å². The van der Waals surface area contributed by atoms with Gasteiger partial charge in [0.05, 0.1) is 24.5 Å². The predicted octanol–water partition coefficient (Wildman–Crippen LogP) is 4.54. The van der Waals surface area contributed by atoms with Crippen LogP contribution in [0, 0.1) is 5.92 Å². The number of hydrogen-bond donors (Lipinski definition) is 4. The molecule has 2 saturated heterocycles. The molecule has 2 aromatic heterocycles. The van der Waals surface area contributed by atoms with E-state index in [0.717, 1.165) is 31.4 Å². The number of carbonyl (C=O) groups excluding carboxylic acids is 1. The van der Waals surface area contributed by atoms with Gasteiger partial charge in [0, 0.05) is 79.8 Å². The number of carboxylic acid groups (broad SMARTS) is 1. The number of unbranched alkanes of at least 4 members (excludes halogenated alkanes) is 1. The van der Waals surface area contributed by atoms with E-state index in [1.165, 1.54) is 30.3 Å². The van der Waals surface area contributed by atoms with E-state index in [2.05, 4.69) is 29.5 Å². The minimum atomic E-state index is -1.18. The number of carboxylic acids is 1. The number of aromatic carboxylic acids is 1. The highest BCUT2D eigenvalue weighted by molar-refractivity contribution is 6.08. The minimum Gasteiger partial charge on any atom is -0.508 e. The summed E-state index contributed by atoms with van der Waals surface area (Å²) in [6.45, 7) is 8.77. The smallest absolute Gasteiger partial charge is 0.336 e. The second-order valence-corrected chi connectivity index (χ2v) is 15.4. The molecule has 1 aliphatic carbocycles. The molecule has 2 aromatic carbocycles. The van der Waals surface area contributed by atoms with E-state index in [4.69, 9.17) is 29.8 Å². The number of nitrogens with two attached hydrogens (primary N) is 1. The number of aryl methyl sites for hydroxylation is 1. The van der Waals surface area contributed by atoms with Crippen molar-refractivity contribution in [3.05, 3.63) is 82.3 Å². The van der Waals surface area contributed by atoms with Crippen LogP contribution >= 0.6 is 0 Å². The molecule has 2 atom stereocenters. The van der Waals surface area contributed by atoms with E-state index < -0.39 is 12.0 Å². The summed E-state index contributed by atoms with van der Waals surface area (Å²) in [7, 11) is 0. The molecule has 0 saturated carbocycles. The average molecular weight is 832 g/mol. The summed E-state index contributed by atoms with van der Waals surface area (Å²) in [5.74, 6) is 0.154. The van der Waals surface area contributed by atoms with Crippen LogP contribution in [0.2, 0.25) is 0 Å². The molecule has 2 fully saturated rings. The summed E-state index contributed by atoms with van der Waals surface area (Å²) < 4.78 is 13.3. The van der Waals surface area contributed by atoms with Gasteiger partial charge in [-0.15, -0.1) is 5.10 Å². The van der Waals surface area contributed by atoms with Crippen molar-refractivity contribution < 1.29 is 29.0 Å². The van der Waals surface area contributed by atoms with Gasteiger partial charge in [-0.2, -0.15) is 15.0 Å². The molecule has 8 rings (SSSR count). The maximum absolute atomic E-state index is 14.1. The van der Waals surface area contributed by atoms with Gasteiger partial charge in [0.1, 0.15) is 23.1 Å². The predicted molar refractivity (Wildman–Crippen MR) is 229 cm³/mol. The lowest BCUT2D eigenvalue weighted by Gasteiger charge is -2.37. The number of nitrogens with zero attached hydrogens (tertiary/aromatic N) is 9. The lowest BCUT2D eigenvalue weighted by Crippen LogP contribution is -2.52. The normalized spacial score (nSPS) is 15.6. The first kappa shape index (κ1) is 41.1. The highest BCUT2D eigenvalue weighted by Gasteiger charge is 2.34. The molecule has 3 aliphatic heterocycles. The number of piperazine rings is 1. The fourth-order valence-corrected chi connectivity index (χ4v) is 7.92. The molecule has 4 aliphatic rings. The standard InChI is InChI=1S/C43H49N11O7/c1-3-26(2)38(54-25-28(49-50-54)6-4-5-13-44)39(57)51-14-16-52(17-15-51)42-46-41(47-43(48-42)53-18-20-60-21-19-53)45-27-7-10-31(34(22-27)40(58)59)37-32-11-8-29(55)23-35(32)61-36-24-30(56)9-12-33(36)37/h7-12,22-26,38,55H,3-6,13-21,44H2,1-2H3,(H,58,59)(H,45,46,47,48)/t26-,38-/m0/s1. The first-order valence-corrected chi connectivity index (χ1v) is 20.7.